The van der Waals surface area contributed by atoms with E-state index in [4.69, 9.17) is 17.0 Å². The first-order valence-electron chi connectivity index (χ1n) is 10.5. The first-order chi connectivity index (χ1) is 14.1. The summed E-state index contributed by atoms with van der Waals surface area (Å²) in [6.45, 7) is 0. The van der Waals surface area contributed by atoms with Crippen molar-refractivity contribution in [2.24, 2.45) is 23.7 Å². The van der Waals surface area contributed by atoms with Crippen LogP contribution in [0.25, 0.3) is 10.4 Å². The fraction of sp³-hybridized carbons (Fsp3) is 0.478. The molecule has 4 saturated carbocycles. The number of anilines is 1. The maximum atomic E-state index is 12.3. The predicted molar refractivity (Wildman–Crippen MR) is 121 cm³/mol. The highest BCUT2D eigenvalue weighted by atomic mass is 32.1. The second-order valence-corrected chi connectivity index (χ2v) is 10.2. The van der Waals surface area contributed by atoms with Gasteiger partial charge in [0.25, 0.3) is 0 Å². The predicted octanol–water partition coefficient (Wildman–Crippen LogP) is 5.31. The molecule has 2 N–H and O–H groups in total. The Morgan fingerprint density at radius 2 is 1.72 bits per heavy atom. The molecule has 1 aromatic carbocycles. The molecule has 1 heterocycles. The lowest BCUT2D eigenvalue weighted by molar-refractivity contribution is -0.00665. The highest BCUT2D eigenvalue weighted by Gasteiger charge is 2.48. The van der Waals surface area contributed by atoms with Crippen molar-refractivity contribution in [2.75, 3.05) is 12.4 Å². The Hall–Kier alpha value is -1.92. The van der Waals surface area contributed by atoms with Crippen molar-refractivity contribution in [1.82, 2.24) is 5.32 Å². The zero-order valence-electron chi connectivity index (χ0n) is 16.5. The fourth-order valence-electron chi connectivity index (χ4n) is 5.94. The molecular weight excluding hydrogens is 400 g/mol. The number of thiocarbonyl (C=S) groups is 1. The number of ether oxygens (including phenoxy) is 1. The monoisotopic (exact) mass is 426 g/mol. The summed E-state index contributed by atoms with van der Waals surface area (Å²) in [4.78, 5) is 13.4. The summed E-state index contributed by atoms with van der Waals surface area (Å²) in [5, 5.41) is 8.30. The lowest BCUT2D eigenvalue weighted by Gasteiger charge is -2.54. The van der Waals surface area contributed by atoms with Crippen molar-refractivity contribution in [3.63, 3.8) is 0 Å². The van der Waals surface area contributed by atoms with E-state index in [0.29, 0.717) is 16.7 Å². The molecule has 6 heteroatoms. The van der Waals surface area contributed by atoms with Gasteiger partial charge in [0.2, 0.25) is 0 Å². The lowest BCUT2D eigenvalue weighted by atomic mass is 9.54. The van der Waals surface area contributed by atoms with Gasteiger partial charge in [-0.25, -0.2) is 4.79 Å². The normalized spacial score (nSPS) is 29.5. The topological polar surface area (TPSA) is 50.4 Å². The Balaban J connectivity index is 1.33. The van der Waals surface area contributed by atoms with E-state index in [1.54, 1.807) is 0 Å². The van der Waals surface area contributed by atoms with Crippen LogP contribution in [-0.4, -0.2) is 24.2 Å². The van der Waals surface area contributed by atoms with Crippen molar-refractivity contribution in [3.8, 4) is 10.4 Å². The van der Waals surface area contributed by atoms with Crippen molar-refractivity contribution in [3.05, 3.63) is 42.0 Å². The molecule has 0 atom stereocenters. The second kappa shape index (κ2) is 7.73. The number of rotatable bonds is 4. The summed E-state index contributed by atoms with van der Waals surface area (Å²) < 4.78 is 5.00. The molecule has 4 nitrogen and oxygen atoms in total. The van der Waals surface area contributed by atoms with Gasteiger partial charge in [-0.15, -0.1) is 11.3 Å². The van der Waals surface area contributed by atoms with Crippen molar-refractivity contribution in [2.45, 2.75) is 38.1 Å². The van der Waals surface area contributed by atoms with Gasteiger partial charge < -0.3 is 15.4 Å². The Bertz CT molecular complexity index is 896. The summed E-state index contributed by atoms with van der Waals surface area (Å²) in [5.41, 5.74) is 1.61. The molecule has 0 unspecified atom stereocenters. The first kappa shape index (κ1) is 19.1. The largest absolute Gasteiger partial charge is 0.465 e. The molecule has 4 aliphatic rings. The standard InChI is InChI=1S/C23H26N2O2S2/c1-27-22(26)18-12-19(15-5-3-2-4-6-15)29-21(18)25-23(28)24-20-16-8-13-7-14(10-16)11-17(20)9-13/h2-6,12-14,16-17,20H,7-11H2,1H3,(H2,24,25,28). The molecule has 0 saturated heterocycles. The Morgan fingerprint density at radius 1 is 1.07 bits per heavy atom. The SMILES string of the molecule is COC(=O)c1cc(-c2ccccc2)sc1NC(=S)NC1C2CC3CC(C2)CC1C3. The van der Waals surface area contributed by atoms with E-state index in [1.807, 2.05) is 36.4 Å². The number of hydrogen-bond donors (Lipinski definition) is 2. The number of esters is 1. The fourth-order valence-corrected chi connectivity index (χ4v) is 7.30. The van der Waals surface area contributed by atoms with Gasteiger partial charge in [-0.3, -0.25) is 0 Å². The molecule has 4 aliphatic carbocycles. The minimum Gasteiger partial charge on any atom is -0.465 e. The van der Waals surface area contributed by atoms with Crippen LogP contribution in [0.5, 0.6) is 0 Å². The van der Waals surface area contributed by atoms with Gasteiger partial charge in [0, 0.05) is 10.9 Å². The molecule has 0 radical (unpaired) electrons. The van der Waals surface area contributed by atoms with E-state index >= 15 is 0 Å². The van der Waals surface area contributed by atoms with Crippen molar-refractivity contribution < 1.29 is 9.53 Å². The minimum atomic E-state index is -0.344. The average Bonchev–Trinajstić information content (AvgIpc) is 3.14. The van der Waals surface area contributed by atoms with Crippen LogP contribution in [0.3, 0.4) is 0 Å². The smallest absolute Gasteiger partial charge is 0.340 e. The van der Waals surface area contributed by atoms with Crippen LogP contribution in [0.1, 0.15) is 42.5 Å². The average molecular weight is 427 g/mol. The number of thiophene rings is 1. The van der Waals surface area contributed by atoms with Crippen LogP contribution in [-0.2, 0) is 4.74 Å². The van der Waals surface area contributed by atoms with Crippen molar-refractivity contribution >= 4 is 39.6 Å². The Kier molecular flexibility index (Phi) is 5.08. The number of methoxy groups -OCH3 is 1. The Labute approximate surface area is 181 Å². The maximum absolute atomic E-state index is 12.3. The van der Waals surface area contributed by atoms with Gasteiger partial charge in [0.15, 0.2) is 5.11 Å². The molecule has 0 spiro atoms. The van der Waals surface area contributed by atoms with E-state index in [2.05, 4.69) is 10.6 Å². The zero-order chi connectivity index (χ0) is 20.0. The van der Waals surface area contributed by atoms with Crippen LogP contribution in [0.4, 0.5) is 5.00 Å². The van der Waals surface area contributed by atoms with E-state index in [-0.39, 0.29) is 5.97 Å². The molecule has 4 fully saturated rings. The van der Waals surface area contributed by atoms with Gasteiger partial charge >= 0.3 is 5.97 Å². The number of nitrogens with one attached hydrogen (secondary N) is 2. The third-order valence-electron chi connectivity index (χ3n) is 6.95. The number of hydrogen-bond acceptors (Lipinski definition) is 4. The van der Waals surface area contributed by atoms with E-state index in [9.17, 15) is 4.79 Å². The van der Waals surface area contributed by atoms with Crippen LogP contribution in [0.15, 0.2) is 36.4 Å². The van der Waals surface area contributed by atoms with E-state index in [0.717, 1.165) is 39.1 Å². The summed E-state index contributed by atoms with van der Waals surface area (Å²) in [6.07, 6.45) is 6.83. The molecule has 152 valence electrons. The Morgan fingerprint density at radius 3 is 2.34 bits per heavy atom. The molecule has 0 amide bonds. The summed E-state index contributed by atoms with van der Waals surface area (Å²) in [7, 11) is 1.41. The zero-order valence-corrected chi connectivity index (χ0v) is 18.2. The summed E-state index contributed by atoms with van der Waals surface area (Å²) in [6, 6.07) is 12.4. The number of carbonyl (C=O) groups is 1. The lowest BCUT2D eigenvalue weighted by Crippen LogP contribution is -2.56. The van der Waals surface area contributed by atoms with Crippen LogP contribution in [0.2, 0.25) is 0 Å². The van der Waals surface area contributed by atoms with Gasteiger partial charge in [-0.05, 0) is 79.6 Å². The van der Waals surface area contributed by atoms with E-state index < -0.39 is 0 Å². The third kappa shape index (κ3) is 3.68. The van der Waals surface area contributed by atoms with Gasteiger partial charge in [-0.1, -0.05) is 30.3 Å². The van der Waals surface area contributed by atoms with Crippen LogP contribution >= 0.6 is 23.6 Å². The molecule has 29 heavy (non-hydrogen) atoms. The van der Waals surface area contributed by atoms with Gasteiger partial charge in [0.05, 0.1) is 12.7 Å². The molecular formula is C23H26N2O2S2. The number of benzene rings is 1. The quantitative estimate of drug-likeness (QED) is 0.512. The van der Waals surface area contributed by atoms with Crippen LogP contribution in [0, 0.1) is 23.7 Å². The highest BCUT2D eigenvalue weighted by molar-refractivity contribution is 7.80. The molecule has 6 rings (SSSR count). The first-order valence-corrected chi connectivity index (χ1v) is 11.7. The molecule has 1 aromatic heterocycles. The van der Waals surface area contributed by atoms with Gasteiger partial charge in [0.1, 0.15) is 5.00 Å². The molecule has 0 aliphatic heterocycles. The van der Waals surface area contributed by atoms with E-state index in [1.165, 1.54) is 50.6 Å². The maximum Gasteiger partial charge on any atom is 0.340 e. The minimum absolute atomic E-state index is 0.344. The number of carbonyl (C=O) groups excluding carboxylic acids is 1. The summed E-state index contributed by atoms with van der Waals surface area (Å²) >= 11 is 7.21. The van der Waals surface area contributed by atoms with Crippen molar-refractivity contribution in [1.29, 1.82) is 0 Å². The third-order valence-corrected chi connectivity index (χ3v) is 8.27. The second-order valence-electron chi connectivity index (χ2n) is 8.77. The summed E-state index contributed by atoms with van der Waals surface area (Å²) in [5.74, 6) is 3.02. The van der Waals surface area contributed by atoms with Crippen LogP contribution < -0.4 is 10.6 Å². The highest BCUT2D eigenvalue weighted by Crippen LogP contribution is 2.53. The van der Waals surface area contributed by atoms with Gasteiger partial charge in [-0.2, -0.15) is 0 Å². The molecule has 2 aromatic rings. The molecule has 4 bridgehead atoms.